The molecule has 0 spiro atoms. The van der Waals surface area contributed by atoms with E-state index in [1.165, 1.54) is 31.4 Å². The number of methoxy groups -OCH3 is 1. The quantitative estimate of drug-likeness (QED) is 0.708. The Balaban J connectivity index is 1.46. The number of nitrogens with one attached hydrogen (secondary N) is 2. The first kappa shape index (κ1) is 20.6. The molecule has 10 nitrogen and oxygen atoms in total. The number of anilines is 1. The zero-order chi connectivity index (χ0) is 21.5. The van der Waals surface area contributed by atoms with Crippen molar-refractivity contribution in [3.63, 3.8) is 0 Å². The SMILES string of the molecule is COC(=O)c1ccc(C(=O)OCC(=O)NC(=O)Nc2ccc3c(c2)OCCO3)cc1. The second-order valence-electron chi connectivity index (χ2n) is 6.01. The van der Waals surface area contributed by atoms with Gasteiger partial charge in [-0.15, -0.1) is 0 Å². The van der Waals surface area contributed by atoms with Gasteiger partial charge in [-0.05, 0) is 36.4 Å². The summed E-state index contributed by atoms with van der Waals surface area (Å²) in [5.74, 6) is -1.09. The van der Waals surface area contributed by atoms with Crippen molar-refractivity contribution >= 4 is 29.6 Å². The van der Waals surface area contributed by atoms with Crippen LogP contribution in [0.1, 0.15) is 20.7 Å². The first-order valence-electron chi connectivity index (χ1n) is 8.82. The molecular weight excluding hydrogens is 396 g/mol. The van der Waals surface area contributed by atoms with Crippen molar-refractivity contribution in [2.45, 2.75) is 0 Å². The van der Waals surface area contributed by atoms with Gasteiger partial charge in [0.25, 0.3) is 5.91 Å². The molecule has 2 aromatic rings. The molecule has 2 aromatic carbocycles. The molecular formula is C20H18N2O8. The largest absolute Gasteiger partial charge is 0.486 e. The summed E-state index contributed by atoms with van der Waals surface area (Å²) in [5, 5.41) is 4.52. The van der Waals surface area contributed by atoms with Gasteiger partial charge in [0, 0.05) is 11.8 Å². The predicted octanol–water partition coefficient (Wildman–Crippen LogP) is 1.75. The molecule has 156 valence electrons. The zero-order valence-corrected chi connectivity index (χ0v) is 15.9. The van der Waals surface area contributed by atoms with Crippen LogP contribution in [0.15, 0.2) is 42.5 Å². The Kier molecular flexibility index (Phi) is 6.48. The maximum Gasteiger partial charge on any atom is 0.338 e. The number of ether oxygens (including phenoxy) is 4. The average Bonchev–Trinajstić information content (AvgIpc) is 2.76. The first-order chi connectivity index (χ1) is 14.5. The van der Waals surface area contributed by atoms with Crippen molar-refractivity contribution in [3.05, 3.63) is 53.6 Å². The third-order valence-electron chi connectivity index (χ3n) is 3.93. The number of imide groups is 1. The summed E-state index contributed by atoms with van der Waals surface area (Å²) in [6.45, 7) is 0.187. The van der Waals surface area contributed by atoms with Crippen LogP contribution < -0.4 is 20.1 Å². The van der Waals surface area contributed by atoms with Gasteiger partial charge in [-0.2, -0.15) is 0 Å². The van der Waals surface area contributed by atoms with Gasteiger partial charge in [0.1, 0.15) is 13.2 Å². The van der Waals surface area contributed by atoms with Gasteiger partial charge in [0.2, 0.25) is 0 Å². The number of benzene rings is 2. The summed E-state index contributed by atoms with van der Waals surface area (Å²) in [6.07, 6.45) is 0. The van der Waals surface area contributed by atoms with E-state index in [9.17, 15) is 19.2 Å². The molecule has 1 heterocycles. The smallest absolute Gasteiger partial charge is 0.338 e. The maximum atomic E-state index is 12.0. The highest BCUT2D eigenvalue weighted by molar-refractivity contribution is 6.02. The Morgan fingerprint density at radius 3 is 2.20 bits per heavy atom. The number of hydrogen-bond acceptors (Lipinski definition) is 8. The normalized spacial score (nSPS) is 11.8. The van der Waals surface area contributed by atoms with Crippen LogP contribution in [0.4, 0.5) is 10.5 Å². The van der Waals surface area contributed by atoms with Crippen LogP contribution in [-0.4, -0.2) is 50.8 Å². The number of esters is 2. The molecule has 3 rings (SSSR count). The van der Waals surface area contributed by atoms with E-state index < -0.39 is 30.5 Å². The minimum Gasteiger partial charge on any atom is -0.486 e. The van der Waals surface area contributed by atoms with Crippen molar-refractivity contribution in [1.82, 2.24) is 5.32 Å². The van der Waals surface area contributed by atoms with E-state index in [2.05, 4.69) is 10.1 Å². The number of hydrogen-bond donors (Lipinski definition) is 2. The van der Waals surface area contributed by atoms with Gasteiger partial charge >= 0.3 is 18.0 Å². The summed E-state index contributed by atoms with van der Waals surface area (Å²) < 4.78 is 20.2. The summed E-state index contributed by atoms with van der Waals surface area (Å²) in [5.41, 5.74) is 0.797. The average molecular weight is 414 g/mol. The molecule has 0 bridgehead atoms. The molecule has 1 aliphatic rings. The van der Waals surface area contributed by atoms with Gasteiger partial charge in [-0.3, -0.25) is 10.1 Å². The van der Waals surface area contributed by atoms with Gasteiger partial charge in [-0.1, -0.05) is 0 Å². The summed E-state index contributed by atoms with van der Waals surface area (Å²) >= 11 is 0. The Morgan fingerprint density at radius 1 is 0.900 bits per heavy atom. The molecule has 0 fully saturated rings. The molecule has 0 aromatic heterocycles. The fourth-order valence-electron chi connectivity index (χ4n) is 2.52. The third-order valence-corrected chi connectivity index (χ3v) is 3.93. The Bertz CT molecular complexity index is 971. The van der Waals surface area contributed by atoms with Gasteiger partial charge in [-0.25, -0.2) is 14.4 Å². The number of rotatable bonds is 5. The molecule has 2 N–H and O–H groups in total. The lowest BCUT2D eigenvalue weighted by Crippen LogP contribution is -2.37. The maximum absolute atomic E-state index is 12.0. The zero-order valence-electron chi connectivity index (χ0n) is 15.9. The van der Waals surface area contributed by atoms with E-state index >= 15 is 0 Å². The summed E-state index contributed by atoms with van der Waals surface area (Å²) in [7, 11) is 1.24. The molecule has 0 unspecified atom stereocenters. The van der Waals surface area contributed by atoms with Gasteiger partial charge < -0.3 is 24.3 Å². The van der Waals surface area contributed by atoms with Crippen molar-refractivity contribution in [2.24, 2.45) is 0 Å². The molecule has 0 atom stereocenters. The molecule has 30 heavy (non-hydrogen) atoms. The van der Waals surface area contributed by atoms with Crippen molar-refractivity contribution < 1.29 is 38.1 Å². The minimum absolute atomic E-state index is 0.135. The van der Waals surface area contributed by atoms with Crippen LogP contribution >= 0.6 is 0 Å². The Morgan fingerprint density at radius 2 is 1.53 bits per heavy atom. The van der Waals surface area contributed by atoms with Gasteiger partial charge in [0.05, 0.1) is 18.2 Å². The molecule has 10 heteroatoms. The fourth-order valence-corrected chi connectivity index (χ4v) is 2.52. The second kappa shape index (κ2) is 9.41. The van der Waals surface area contributed by atoms with Crippen molar-refractivity contribution in [1.29, 1.82) is 0 Å². The molecule has 1 aliphatic heterocycles. The van der Waals surface area contributed by atoms with Crippen LogP contribution in [0.25, 0.3) is 0 Å². The first-order valence-corrected chi connectivity index (χ1v) is 8.82. The lowest BCUT2D eigenvalue weighted by molar-refractivity contribution is -0.123. The number of carbonyl (C=O) groups excluding carboxylic acids is 4. The standard InChI is InChI=1S/C20H18N2O8/c1-27-18(24)12-2-4-13(5-3-12)19(25)30-11-17(23)22-20(26)21-14-6-7-15-16(10-14)29-9-8-28-15/h2-7,10H,8-9,11H2,1H3,(H2,21,22,23,26). The molecule has 0 saturated heterocycles. The number of carbonyl (C=O) groups is 4. The molecule has 0 aliphatic carbocycles. The lowest BCUT2D eigenvalue weighted by Gasteiger charge is -2.19. The number of amides is 3. The van der Waals surface area contributed by atoms with E-state index in [0.29, 0.717) is 30.4 Å². The minimum atomic E-state index is -0.815. The van der Waals surface area contributed by atoms with E-state index in [1.807, 2.05) is 5.32 Å². The van der Waals surface area contributed by atoms with E-state index in [0.717, 1.165) is 0 Å². The van der Waals surface area contributed by atoms with E-state index in [1.54, 1.807) is 18.2 Å². The van der Waals surface area contributed by atoms with Crippen LogP contribution in [-0.2, 0) is 14.3 Å². The molecule has 0 saturated carbocycles. The fraction of sp³-hybridized carbons (Fsp3) is 0.200. The second-order valence-corrected chi connectivity index (χ2v) is 6.01. The van der Waals surface area contributed by atoms with E-state index in [4.69, 9.17) is 14.2 Å². The van der Waals surface area contributed by atoms with E-state index in [-0.39, 0.29) is 11.1 Å². The van der Waals surface area contributed by atoms with Crippen LogP contribution in [0, 0.1) is 0 Å². The lowest BCUT2D eigenvalue weighted by atomic mass is 10.1. The Hall–Kier alpha value is -4.08. The van der Waals surface area contributed by atoms with Crippen molar-refractivity contribution in [3.8, 4) is 11.5 Å². The van der Waals surface area contributed by atoms with Crippen LogP contribution in [0.3, 0.4) is 0 Å². The highest BCUT2D eigenvalue weighted by Gasteiger charge is 2.16. The Labute approximate surface area is 171 Å². The number of fused-ring (bicyclic) bond motifs is 1. The number of urea groups is 1. The van der Waals surface area contributed by atoms with Crippen molar-refractivity contribution in [2.75, 3.05) is 32.2 Å². The summed E-state index contributed by atoms with van der Waals surface area (Å²) in [4.78, 5) is 47.1. The van der Waals surface area contributed by atoms with Crippen LogP contribution in [0.5, 0.6) is 11.5 Å². The molecule has 0 radical (unpaired) electrons. The van der Waals surface area contributed by atoms with Gasteiger partial charge in [0.15, 0.2) is 18.1 Å². The monoisotopic (exact) mass is 414 g/mol. The molecule has 3 amide bonds. The topological polar surface area (TPSA) is 129 Å². The predicted molar refractivity (Wildman–Crippen MR) is 103 cm³/mol. The highest BCUT2D eigenvalue weighted by atomic mass is 16.6. The summed E-state index contributed by atoms with van der Waals surface area (Å²) in [6, 6.07) is 9.51. The highest BCUT2D eigenvalue weighted by Crippen LogP contribution is 2.32. The van der Waals surface area contributed by atoms with Crippen LogP contribution in [0.2, 0.25) is 0 Å². The third kappa shape index (κ3) is 5.25.